The number of rotatable bonds is 7. The lowest BCUT2D eigenvalue weighted by molar-refractivity contribution is -0.118. The van der Waals surface area contributed by atoms with Crippen molar-refractivity contribution in [3.05, 3.63) is 87.3 Å². The highest BCUT2D eigenvalue weighted by molar-refractivity contribution is 8.27. The van der Waals surface area contributed by atoms with Crippen molar-refractivity contribution < 1.29 is 19.1 Å². The molecular weight excluding hydrogens is 516 g/mol. The van der Waals surface area contributed by atoms with E-state index in [1.165, 1.54) is 23.8 Å². The van der Waals surface area contributed by atoms with Crippen molar-refractivity contribution in [1.82, 2.24) is 0 Å². The first-order chi connectivity index (χ1) is 17.2. The molecule has 1 fully saturated rings. The fourth-order valence-electron chi connectivity index (χ4n) is 3.44. The molecule has 1 aliphatic heterocycles. The number of ether oxygens (including phenoxy) is 2. The van der Waals surface area contributed by atoms with E-state index in [-0.39, 0.29) is 18.4 Å². The molecule has 6 nitrogen and oxygen atoms in total. The number of methoxy groups -OCH3 is 1. The quantitative estimate of drug-likeness (QED) is 0.278. The van der Waals surface area contributed by atoms with Crippen molar-refractivity contribution in [2.75, 3.05) is 23.9 Å². The average molecular weight is 539 g/mol. The smallest absolute Gasteiger partial charge is 0.270 e. The van der Waals surface area contributed by atoms with Gasteiger partial charge in [-0.05, 0) is 67.4 Å². The molecule has 1 heterocycles. The fraction of sp³-hybridized carbons (Fsp3) is 0.148. The van der Waals surface area contributed by atoms with Gasteiger partial charge in [-0.2, -0.15) is 0 Å². The summed E-state index contributed by atoms with van der Waals surface area (Å²) in [5.74, 6) is 0.324. The van der Waals surface area contributed by atoms with Crippen LogP contribution in [-0.2, 0) is 9.59 Å². The van der Waals surface area contributed by atoms with E-state index in [1.54, 1.807) is 36.4 Å². The molecule has 3 aromatic rings. The third kappa shape index (κ3) is 5.90. The van der Waals surface area contributed by atoms with Crippen LogP contribution >= 0.6 is 35.6 Å². The second kappa shape index (κ2) is 11.2. The first-order valence-corrected chi connectivity index (χ1v) is 12.6. The number of carbonyl (C=O) groups is 2. The maximum atomic E-state index is 13.0. The highest BCUT2D eigenvalue weighted by atomic mass is 35.5. The molecule has 4 rings (SSSR count). The molecule has 0 unspecified atom stereocenters. The summed E-state index contributed by atoms with van der Waals surface area (Å²) in [6.07, 6.45) is 1.76. The van der Waals surface area contributed by atoms with E-state index in [4.69, 9.17) is 33.3 Å². The Hall–Kier alpha value is -3.33. The van der Waals surface area contributed by atoms with Gasteiger partial charge < -0.3 is 14.8 Å². The summed E-state index contributed by atoms with van der Waals surface area (Å²) in [4.78, 5) is 27.4. The summed E-state index contributed by atoms with van der Waals surface area (Å²) in [6.45, 7) is 3.66. The lowest BCUT2D eigenvalue weighted by Gasteiger charge is -2.14. The molecule has 184 valence electrons. The van der Waals surface area contributed by atoms with E-state index in [0.717, 1.165) is 22.4 Å². The Kier molecular flexibility index (Phi) is 7.98. The number of amides is 2. The van der Waals surface area contributed by atoms with Gasteiger partial charge in [0.1, 0.15) is 0 Å². The van der Waals surface area contributed by atoms with Crippen molar-refractivity contribution in [2.24, 2.45) is 0 Å². The molecule has 1 aliphatic rings. The zero-order valence-electron chi connectivity index (χ0n) is 19.8. The van der Waals surface area contributed by atoms with Crippen LogP contribution in [0.15, 0.2) is 65.6 Å². The minimum atomic E-state index is -0.333. The molecule has 0 aromatic heterocycles. The summed E-state index contributed by atoms with van der Waals surface area (Å²) >= 11 is 12.8. The summed E-state index contributed by atoms with van der Waals surface area (Å²) < 4.78 is 11.6. The van der Waals surface area contributed by atoms with Gasteiger partial charge in [0.15, 0.2) is 22.4 Å². The first kappa shape index (κ1) is 25.8. The van der Waals surface area contributed by atoms with E-state index < -0.39 is 0 Å². The number of thioether (sulfide) groups is 1. The van der Waals surface area contributed by atoms with Crippen LogP contribution in [0.2, 0.25) is 5.02 Å². The van der Waals surface area contributed by atoms with Gasteiger partial charge in [0.25, 0.3) is 11.8 Å². The lowest BCUT2D eigenvalue weighted by Crippen LogP contribution is -2.27. The normalized spacial score (nSPS) is 14.3. The third-order valence-corrected chi connectivity index (χ3v) is 7.10. The number of hydrogen-bond donors (Lipinski definition) is 1. The number of benzene rings is 3. The molecule has 2 amide bonds. The van der Waals surface area contributed by atoms with Gasteiger partial charge in [-0.25, -0.2) is 0 Å². The van der Waals surface area contributed by atoms with E-state index in [9.17, 15) is 9.59 Å². The second-order valence-electron chi connectivity index (χ2n) is 8.06. The zero-order chi connectivity index (χ0) is 25.8. The van der Waals surface area contributed by atoms with Crippen LogP contribution in [0.5, 0.6) is 11.5 Å². The molecule has 0 saturated carbocycles. The Morgan fingerprint density at radius 2 is 1.83 bits per heavy atom. The molecule has 0 atom stereocenters. The molecule has 3 aromatic carbocycles. The monoisotopic (exact) mass is 538 g/mol. The number of hydrogen-bond acceptors (Lipinski definition) is 6. The standard InChI is InChI=1S/C27H23ClN2O4S2/c1-16-4-9-20(10-5-16)30-26(32)24(36-27(30)35)13-18-7-11-22(23(12-18)33-3)34-15-25(31)29-19-8-6-17(2)21(28)14-19/h4-14H,15H2,1-3H3,(H,29,31)/b24-13-. The van der Waals surface area contributed by atoms with Gasteiger partial charge >= 0.3 is 0 Å². The molecule has 0 radical (unpaired) electrons. The molecule has 1 saturated heterocycles. The third-order valence-electron chi connectivity index (χ3n) is 5.39. The molecule has 36 heavy (non-hydrogen) atoms. The van der Waals surface area contributed by atoms with Crippen molar-refractivity contribution in [1.29, 1.82) is 0 Å². The van der Waals surface area contributed by atoms with Crippen LogP contribution in [0.3, 0.4) is 0 Å². The van der Waals surface area contributed by atoms with Crippen LogP contribution < -0.4 is 19.7 Å². The number of aryl methyl sites for hydroxylation is 2. The highest BCUT2D eigenvalue weighted by Crippen LogP contribution is 2.37. The minimum absolute atomic E-state index is 0.180. The Morgan fingerprint density at radius 1 is 1.08 bits per heavy atom. The van der Waals surface area contributed by atoms with Gasteiger partial charge in [0.2, 0.25) is 0 Å². The van der Waals surface area contributed by atoms with Gasteiger partial charge in [0.05, 0.1) is 17.7 Å². The van der Waals surface area contributed by atoms with Gasteiger partial charge in [-0.1, -0.05) is 65.4 Å². The predicted molar refractivity (Wildman–Crippen MR) is 150 cm³/mol. The summed E-state index contributed by atoms with van der Waals surface area (Å²) in [5.41, 5.74) is 4.09. The molecule has 0 bridgehead atoms. The number of thiocarbonyl (C=S) groups is 1. The van der Waals surface area contributed by atoms with E-state index in [2.05, 4.69) is 5.32 Å². The first-order valence-electron chi connectivity index (χ1n) is 11.0. The fourth-order valence-corrected chi connectivity index (χ4v) is 4.92. The lowest BCUT2D eigenvalue weighted by atomic mass is 10.1. The molecule has 1 N–H and O–H groups in total. The minimum Gasteiger partial charge on any atom is -0.493 e. The van der Waals surface area contributed by atoms with Crippen LogP contribution in [0.1, 0.15) is 16.7 Å². The topological polar surface area (TPSA) is 67.9 Å². The number of nitrogens with zero attached hydrogens (tertiary/aromatic N) is 1. The largest absolute Gasteiger partial charge is 0.493 e. The van der Waals surface area contributed by atoms with Gasteiger partial charge in [-0.15, -0.1) is 0 Å². The average Bonchev–Trinajstić information content (AvgIpc) is 3.13. The SMILES string of the molecule is COc1cc(/C=C2\SC(=S)N(c3ccc(C)cc3)C2=O)ccc1OCC(=O)Nc1ccc(C)c(Cl)c1. The van der Waals surface area contributed by atoms with Crippen molar-refractivity contribution in [2.45, 2.75) is 13.8 Å². The van der Waals surface area contributed by atoms with E-state index in [1.807, 2.05) is 44.2 Å². The molecule has 0 aliphatic carbocycles. The Morgan fingerprint density at radius 3 is 2.53 bits per heavy atom. The number of anilines is 2. The van der Waals surface area contributed by atoms with Crippen molar-refractivity contribution in [3.8, 4) is 11.5 Å². The number of carbonyl (C=O) groups excluding carboxylic acids is 2. The Labute approximate surface area is 224 Å². The number of nitrogens with one attached hydrogen (secondary N) is 1. The molecule has 9 heteroatoms. The van der Waals surface area contributed by atoms with Gasteiger partial charge in [0, 0.05) is 10.7 Å². The predicted octanol–water partition coefficient (Wildman–Crippen LogP) is 6.39. The van der Waals surface area contributed by atoms with E-state index in [0.29, 0.717) is 31.4 Å². The maximum Gasteiger partial charge on any atom is 0.270 e. The Bertz CT molecular complexity index is 1370. The van der Waals surface area contributed by atoms with Crippen molar-refractivity contribution in [3.63, 3.8) is 0 Å². The maximum absolute atomic E-state index is 13.0. The molecule has 0 spiro atoms. The van der Waals surface area contributed by atoms with Crippen LogP contribution in [0.25, 0.3) is 6.08 Å². The molecular formula is C27H23ClN2O4S2. The van der Waals surface area contributed by atoms with Gasteiger partial charge in [-0.3, -0.25) is 14.5 Å². The summed E-state index contributed by atoms with van der Waals surface area (Å²) in [7, 11) is 1.51. The highest BCUT2D eigenvalue weighted by Gasteiger charge is 2.33. The van der Waals surface area contributed by atoms with Crippen LogP contribution in [-0.4, -0.2) is 29.9 Å². The Balaban J connectivity index is 1.44. The van der Waals surface area contributed by atoms with Crippen LogP contribution in [0, 0.1) is 13.8 Å². The second-order valence-corrected chi connectivity index (χ2v) is 10.1. The number of halogens is 1. The summed E-state index contributed by atoms with van der Waals surface area (Å²) in [6, 6.07) is 18.1. The van der Waals surface area contributed by atoms with Crippen molar-refractivity contribution >= 4 is 69.2 Å². The van der Waals surface area contributed by atoms with E-state index >= 15 is 0 Å². The summed E-state index contributed by atoms with van der Waals surface area (Å²) in [5, 5.41) is 3.32. The van der Waals surface area contributed by atoms with Crippen LogP contribution in [0.4, 0.5) is 11.4 Å². The zero-order valence-corrected chi connectivity index (χ0v) is 22.2.